The van der Waals surface area contributed by atoms with E-state index < -0.39 is 5.97 Å². The van der Waals surface area contributed by atoms with Crippen LogP contribution in [-0.4, -0.2) is 23.1 Å². The first-order valence-electron chi connectivity index (χ1n) is 7.47. The molecule has 1 unspecified atom stereocenters. The van der Waals surface area contributed by atoms with Crippen molar-refractivity contribution in [2.75, 3.05) is 5.32 Å². The van der Waals surface area contributed by atoms with E-state index in [0.717, 1.165) is 12.8 Å². The van der Waals surface area contributed by atoms with Crippen LogP contribution >= 0.6 is 0 Å². The molecule has 1 fully saturated rings. The number of carbonyl (C=O) groups excluding carboxylic acids is 1. The van der Waals surface area contributed by atoms with Gasteiger partial charge in [-0.05, 0) is 43.9 Å². The molecule has 0 spiro atoms. The molecule has 0 bridgehead atoms. The standard InChI is InChI=1S/C16H22N2O3/c1-11(12-6-3-2-4-7-12)17-16(21)18-14-9-5-8-13(10-14)15(19)20/h5,8-12H,2-4,6-7H2,1H3,(H,19,20)(H2,17,18,21). The van der Waals surface area contributed by atoms with Crippen LogP contribution in [0.15, 0.2) is 24.3 Å². The highest BCUT2D eigenvalue weighted by Gasteiger charge is 2.21. The summed E-state index contributed by atoms with van der Waals surface area (Å²) < 4.78 is 0. The minimum absolute atomic E-state index is 0.132. The van der Waals surface area contributed by atoms with E-state index in [2.05, 4.69) is 10.6 Å². The second-order valence-corrected chi connectivity index (χ2v) is 5.67. The van der Waals surface area contributed by atoms with Crippen molar-refractivity contribution in [3.63, 3.8) is 0 Å². The molecule has 1 aromatic rings. The summed E-state index contributed by atoms with van der Waals surface area (Å²) in [4.78, 5) is 22.9. The lowest BCUT2D eigenvalue weighted by atomic mass is 9.85. The Morgan fingerprint density at radius 3 is 2.62 bits per heavy atom. The van der Waals surface area contributed by atoms with Crippen molar-refractivity contribution in [1.29, 1.82) is 0 Å². The van der Waals surface area contributed by atoms with Crippen LogP contribution < -0.4 is 10.6 Å². The number of rotatable bonds is 4. The summed E-state index contributed by atoms with van der Waals surface area (Å²) in [7, 11) is 0. The summed E-state index contributed by atoms with van der Waals surface area (Å²) in [6.07, 6.45) is 6.08. The van der Waals surface area contributed by atoms with E-state index in [1.54, 1.807) is 12.1 Å². The Morgan fingerprint density at radius 1 is 1.24 bits per heavy atom. The molecule has 0 saturated heterocycles. The number of benzene rings is 1. The molecule has 1 saturated carbocycles. The van der Waals surface area contributed by atoms with Crippen LogP contribution in [0.5, 0.6) is 0 Å². The van der Waals surface area contributed by atoms with Crippen LogP contribution in [0, 0.1) is 5.92 Å². The SMILES string of the molecule is CC(NC(=O)Nc1cccc(C(=O)O)c1)C1CCCCC1. The Bertz CT molecular complexity index is 510. The first-order valence-corrected chi connectivity index (χ1v) is 7.47. The molecule has 21 heavy (non-hydrogen) atoms. The molecule has 114 valence electrons. The number of anilines is 1. The van der Waals surface area contributed by atoms with Gasteiger partial charge in [-0.3, -0.25) is 0 Å². The monoisotopic (exact) mass is 290 g/mol. The highest BCUT2D eigenvalue weighted by Crippen LogP contribution is 2.26. The van der Waals surface area contributed by atoms with Crippen molar-refractivity contribution >= 4 is 17.7 Å². The Morgan fingerprint density at radius 2 is 1.95 bits per heavy atom. The molecule has 1 aliphatic carbocycles. The second kappa shape index (κ2) is 7.11. The van der Waals surface area contributed by atoms with Crippen LogP contribution in [-0.2, 0) is 0 Å². The van der Waals surface area contributed by atoms with Gasteiger partial charge in [0.2, 0.25) is 0 Å². The maximum absolute atomic E-state index is 12.0. The van der Waals surface area contributed by atoms with Gasteiger partial charge in [0.05, 0.1) is 5.56 Å². The Balaban J connectivity index is 1.89. The fraction of sp³-hybridized carbons (Fsp3) is 0.500. The van der Waals surface area contributed by atoms with Crippen LogP contribution in [0.1, 0.15) is 49.4 Å². The maximum Gasteiger partial charge on any atom is 0.335 e. The highest BCUT2D eigenvalue weighted by atomic mass is 16.4. The van der Waals surface area contributed by atoms with Crippen LogP contribution in [0.2, 0.25) is 0 Å². The zero-order valence-electron chi connectivity index (χ0n) is 12.3. The van der Waals surface area contributed by atoms with Crippen molar-refractivity contribution in [1.82, 2.24) is 5.32 Å². The number of hydrogen-bond donors (Lipinski definition) is 3. The van der Waals surface area contributed by atoms with Crippen molar-refractivity contribution in [3.8, 4) is 0 Å². The van der Waals surface area contributed by atoms with Gasteiger partial charge in [-0.2, -0.15) is 0 Å². The quantitative estimate of drug-likeness (QED) is 0.794. The van der Waals surface area contributed by atoms with E-state index >= 15 is 0 Å². The van der Waals surface area contributed by atoms with Gasteiger partial charge in [-0.25, -0.2) is 9.59 Å². The van der Waals surface area contributed by atoms with Crippen LogP contribution in [0.25, 0.3) is 0 Å². The molecular weight excluding hydrogens is 268 g/mol. The van der Waals surface area contributed by atoms with Gasteiger partial charge in [0.15, 0.2) is 0 Å². The minimum atomic E-state index is -1.00. The molecule has 2 rings (SSSR count). The van der Waals surface area contributed by atoms with Gasteiger partial charge in [-0.15, -0.1) is 0 Å². The third-order valence-corrected chi connectivity index (χ3v) is 4.08. The van der Waals surface area contributed by atoms with Gasteiger partial charge in [0, 0.05) is 11.7 Å². The predicted octanol–water partition coefficient (Wildman–Crippen LogP) is 3.48. The smallest absolute Gasteiger partial charge is 0.335 e. The van der Waals surface area contributed by atoms with E-state index in [9.17, 15) is 9.59 Å². The Kier molecular flexibility index (Phi) is 5.20. The lowest BCUT2D eigenvalue weighted by Crippen LogP contribution is -2.41. The molecule has 0 radical (unpaired) electrons. The summed E-state index contributed by atoms with van der Waals surface area (Å²) in [5.41, 5.74) is 0.649. The number of amides is 2. The molecule has 0 aromatic heterocycles. The van der Waals surface area contributed by atoms with E-state index in [4.69, 9.17) is 5.11 Å². The average molecular weight is 290 g/mol. The van der Waals surface area contributed by atoms with Crippen molar-refractivity contribution < 1.29 is 14.7 Å². The average Bonchev–Trinajstić information content (AvgIpc) is 2.48. The lowest BCUT2D eigenvalue weighted by Gasteiger charge is -2.28. The number of carboxylic acids is 1. The molecular formula is C16H22N2O3. The lowest BCUT2D eigenvalue weighted by molar-refractivity contribution is 0.0697. The summed E-state index contributed by atoms with van der Waals surface area (Å²) in [5.74, 6) is -0.468. The number of nitrogens with one attached hydrogen (secondary N) is 2. The number of aromatic carboxylic acids is 1. The zero-order chi connectivity index (χ0) is 15.2. The van der Waals surface area contributed by atoms with Gasteiger partial charge < -0.3 is 15.7 Å². The molecule has 0 aliphatic heterocycles. The maximum atomic E-state index is 12.0. The van der Waals surface area contributed by atoms with Crippen LogP contribution in [0.3, 0.4) is 0 Å². The molecule has 2 amide bonds. The number of carbonyl (C=O) groups is 2. The molecule has 5 heteroatoms. The molecule has 1 aliphatic rings. The number of hydrogen-bond acceptors (Lipinski definition) is 2. The predicted molar refractivity (Wildman–Crippen MR) is 81.6 cm³/mol. The third-order valence-electron chi connectivity index (χ3n) is 4.08. The number of carboxylic acid groups (broad SMARTS) is 1. The van der Waals surface area contributed by atoms with Gasteiger partial charge >= 0.3 is 12.0 Å². The largest absolute Gasteiger partial charge is 0.478 e. The Hall–Kier alpha value is -2.04. The van der Waals surface area contributed by atoms with E-state index in [1.807, 2.05) is 6.92 Å². The highest BCUT2D eigenvalue weighted by molar-refractivity contribution is 5.93. The minimum Gasteiger partial charge on any atom is -0.478 e. The van der Waals surface area contributed by atoms with Crippen molar-refractivity contribution in [2.24, 2.45) is 5.92 Å². The van der Waals surface area contributed by atoms with E-state index in [0.29, 0.717) is 11.6 Å². The Labute approximate surface area is 124 Å². The molecule has 0 heterocycles. The molecule has 5 nitrogen and oxygen atoms in total. The summed E-state index contributed by atoms with van der Waals surface area (Å²) in [5, 5.41) is 14.6. The molecule has 3 N–H and O–H groups in total. The van der Waals surface area contributed by atoms with Crippen molar-refractivity contribution in [3.05, 3.63) is 29.8 Å². The number of urea groups is 1. The summed E-state index contributed by atoms with van der Waals surface area (Å²) in [6, 6.07) is 6.09. The molecule has 1 atom stereocenters. The van der Waals surface area contributed by atoms with Crippen LogP contribution in [0.4, 0.5) is 10.5 Å². The first kappa shape index (κ1) is 15.4. The van der Waals surface area contributed by atoms with E-state index in [1.165, 1.54) is 31.4 Å². The topological polar surface area (TPSA) is 78.4 Å². The normalized spacial score (nSPS) is 17.0. The molecule has 1 aromatic carbocycles. The fourth-order valence-corrected chi connectivity index (χ4v) is 2.86. The second-order valence-electron chi connectivity index (χ2n) is 5.67. The van der Waals surface area contributed by atoms with Gasteiger partial charge in [0.1, 0.15) is 0 Å². The summed E-state index contributed by atoms with van der Waals surface area (Å²) in [6.45, 7) is 2.03. The third kappa shape index (κ3) is 4.48. The van der Waals surface area contributed by atoms with Gasteiger partial charge in [0.25, 0.3) is 0 Å². The van der Waals surface area contributed by atoms with E-state index in [-0.39, 0.29) is 17.6 Å². The van der Waals surface area contributed by atoms with Crippen molar-refractivity contribution in [2.45, 2.75) is 45.1 Å². The fourth-order valence-electron chi connectivity index (χ4n) is 2.86. The first-order chi connectivity index (χ1) is 10.1. The summed E-state index contributed by atoms with van der Waals surface area (Å²) >= 11 is 0. The van der Waals surface area contributed by atoms with Gasteiger partial charge in [-0.1, -0.05) is 25.3 Å². The zero-order valence-corrected chi connectivity index (χ0v) is 12.3.